The van der Waals surface area contributed by atoms with E-state index in [2.05, 4.69) is 30.3 Å². The van der Waals surface area contributed by atoms with Crippen LogP contribution in [0.15, 0.2) is 30.3 Å². The summed E-state index contributed by atoms with van der Waals surface area (Å²) in [7, 11) is 0. The van der Waals surface area contributed by atoms with Crippen LogP contribution in [0.5, 0.6) is 0 Å². The Morgan fingerprint density at radius 2 is 1.84 bits per heavy atom. The molecule has 2 nitrogen and oxygen atoms in total. The van der Waals surface area contributed by atoms with Crippen LogP contribution in [0, 0.1) is 0 Å². The van der Waals surface area contributed by atoms with Crippen LogP contribution in [0.1, 0.15) is 50.6 Å². The minimum absolute atomic E-state index is 0. The average Bonchev–Trinajstić information content (AvgIpc) is 2.45. The van der Waals surface area contributed by atoms with Gasteiger partial charge >= 0.3 is 18.9 Å². The van der Waals surface area contributed by atoms with E-state index in [0.29, 0.717) is 6.04 Å². The number of nitrogens with zero attached hydrogens (tertiary/aromatic N) is 1. The van der Waals surface area contributed by atoms with Crippen molar-refractivity contribution in [3.8, 4) is 0 Å². The molecule has 3 heteroatoms. The van der Waals surface area contributed by atoms with E-state index < -0.39 is 0 Å². The zero-order chi connectivity index (χ0) is 12.6. The maximum Gasteiger partial charge on any atom is 1.00 e. The summed E-state index contributed by atoms with van der Waals surface area (Å²) in [5.41, 5.74) is 1.29. The van der Waals surface area contributed by atoms with Crippen molar-refractivity contribution in [2.24, 2.45) is 0 Å². The molecule has 0 saturated heterocycles. The molecule has 1 aromatic carbocycles. The zero-order valence-electron chi connectivity index (χ0n) is 12.3. The van der Waals surface area contributed by atoms with Crippen molar-refractivity contribution in [3.05, 3.63) is 41.2 Å². The van der Waals surface area contributed by atoms with Crippen molar-refractivity contribution in [1.29, 1.82) is 0 Å². The molecule has 19 heavy (non-hydrogen) atoms. The number of rotatable bonds is 6. The van der Waals surface area contributed by atoms with E-state index in [1.807, 2.05) is 6.92 Å². The van der Waals surface area contributed by atoms with Gasteiger partial charge in [-0.1, -0.05) is 74.0 Å². The second-order valence-electron chi connectivity index (χ2n) is 5.03. The number of hydrogen-bond acceptors (Lipinski definition) is 1. The molecule has 0 amide bonds. The summed E-state index contributed by atoms with van der Waals surface area (Å²) in [4.78, 5) is 0. The Hall–Kier alpha value is -0.263. The van der Waals surface area contributed by atoms with Gasteiger partial charge < -0.3 is 10.1 Å². The van der Waals surface area contributed by atoms with Gasteiger partial charge in [0.25, 0.3) is 0 Å². The minimum Gasteiger partial charge on any atom is -0.651 e. The Kier molecular flexibility index (Phi) is 8.49. The van der Waals surface area contributed by atoms with Gasteiger partial charge in [0, 0.05) is 13.2 Å². The third kappa shape index (κ3) is 5.71. The molecule has 1 atom stereocenters. The molecule has 0 radical (unpaired) electrons. The first-order chi connectivity index (χ1) is 8.90. The van der Waals surface area contributed by atoms with Gasteiger partial charge in [-0.05, 0) is 6.92 Å². The predicted molar refractivity (Wildman–Crippen MR) is 75.9 cm³/mol. The van der Waals surface area contributed by atoms with Gasteiger partial charge in [0.2, 0.25) is 0 Å². The van der Waals surface area contributed by atoms with Gasteiger partial charge in [-0.15, -0.1) is 6.04 Å². The molecule has 0 aromatic heterocycles. The van der Waals surface area contributed by atoms with Gasteiger partial charge in [-0.3, -0.25) is 0 Å². The monoisotopic (exact) mass is 253 g/mol. The van der Waals surface area contributed by atoms with Crippen LogP contribution in [-0.4, -0.2) is 19.3 Å². The largest absolute Gasteiger partial charge is 1.00 e. The Balaban J connectivity index is 0.00000180. The van der Waals surface area contributed by atoms with Crippen molar-refractivity contribution >= 4 is 0 Å². The molecule has 1 aliphatic rings. The van der Waals surface area contributed by atoms with Crippen molar-refractivity contribution in [1.82, 2.24) is 0 Å². The summed E-state index contributed by atoms with van der Waals surface area (Å²) in [5, 5.41) is 5.02. The fourth-order valence-corrected chi connectivity index (χ4v) is 2.61. The van der Waals surface area contributed by atoms with E-state index in [-0.39, 0.29) is 24.9 Å². The third-order valence-corrected chi connectivity index (χ3v) is 3.63. The second kappa shape index (κ2) is 9.61. The molecule has 0 spiro atoms. The first-order valence-corrected chi connectivity index (χ1v) is 7.22. The maximum absolute atomic E-state index is 5.60. The summed E-state index contributed by atoms with van der Waals surface area (Å²) in [5.74, 6) is 0. The van der Waals surface area contributed by atoms with Crippen LogP contribution in [0.2, 0.25) is 0 Å². The van der Waals surface area contributed by atoms with Crippen LogP contribution >= 0.6 is 0 Å². The summed E-state index contributed by atoms with van der Waals surface area (Å²) in [6.07, 6.45) is 6.58. The minimum atomic E-state index is 0. The molecule has 0 bridgehead atoms. The molecule has 1 fully saturated rings. The molecule has 1 aliphatic carbocycles. The standard InChI is InChI=1S/C16H24NO.Li/c1-2-18-13-16(14-9-5-3-6-10-14)17-15-11-7-4-8-12-15;/h3,5-6,9-10,15-16H,2,4,7-8,11-13H2,1H3;/q-1;+1/t16-;/m0./s1. The quantitative estimate of drug-likeness (QED) is 0.704. The van der Waals surface area contributed by atoms with E-state index in [9.17, 15) is 0 Å². The molecular weight excluding hydrogens is 229 g/mol. The van der Waals surface area contributed by atoms with Gasteiger partial charge in [0.15, 0.2) is 0 Å². The van der Waals surface area contributed by atoms with Crippen LogP contribution in [0.25, 0.3) is 5.32 Å². The Morgan fingerprint density at radius 1 is 1.16 bits per heavy atom. The molecule has 0 unspecified atom stereocenters. The van der Waals surface area contributed by atoms with Crippen molar-refractivity contribution in [2.45, 2.75) is 51.1 Å². The summed E-state index contributed by atoms with van der Waals surface area (Å²) in [6, 6.07) is 11.3. The van der Waals surface area contributed by atoms with E-state index in [4.69, 9.17) is 10.1 Å². The van der Waals surface area contributed by atoms with Gasteiger partial charge in [-0.2, -0.15) is 0 Å². The molecule has 0 aliphatic heterocycles. The van der Waals surface area contributed by atoms with Gasteiger partial charge in [-0.25, -0.2) is 0 Å². The van der Waals surface area contributed by atoms with E-state index in [1.54, 1.807) is 0 Å². The first-order valence-electron chi connectivity index (χ1n) is 7.22. The van der Waals surface area contributed by atoms with Crippen LogP contribution in [0.3, 0.4) is 0 Å². The van der Waals surface area contributed by atoms with Gasteiger partial charge in [0.1, 0.15) is 0 Å². The number of ether oxygens (including phenoxy) is 1. The number of hydrogen-bond donors (Lipinski definition) is 0. The van der Waals surface area contributed by atoms with Crippen molar-refractivity contribution < 1.29 is 23.6 Å². The molecule has 0 heterocycles. The fraction of sp³-hybridized carbons (Fsp3) is 0.625. The third-order valence-electron chi connectivity index (χ3n) is 3.63. The number of benzene rings is 1. The maximum atomic E-state index is 5.60. The molecule has 2 rings (SSSR count). The van der Waals surface area contributed by atoms with Crippen LogP contribution in [0.4, 0.5) is 0 Å². The van der Waals surface area contributed by atoms with Crippen molar-refractivity contribution in [2.75, 3.05) is 13.2 Å². The van der Waals surface area contributed by atoms with Crippen LogP contribution < -0.4 is 18.9 Å². The zero-order valence-corrected chi connectivity index (χ0v) is 12.3. The summed E-state index contributed by atoms with van der Waals surface area (Å²) < 4.78 is 5.60. The predicted octanol–water partition coefficient (Wildman–Crippen LogP) is 1.47. The molecular formula is C16H24LiNO. The first kappa shape index (κ1) is 16.8. The van der Waals surface area contributed by atoms with Crippen LogP contribution in [-0.2, 0) is 4.74 Å². The molecule has 1 saturated carbocycles. The van der Waals surface area contributed by atoms with E-state index >= 15 is 0 Å². The van der Waals surface area contributed by atoms with E-state index in [0.717, 1.165) is 13.2 Å². The SMILES string of the molecule is CCOC[C@H]([N-]C1CCCCC1)c1ccccc1.[Li+]. The molecule has 1 aromatic rings. The Labute approximate surface area is 129 Å². The van der Waals surface area contributed by atoms with Crippen molar-refractivity contribution in [3.63, 3.8) is 0 Å². The Bertz CT molecular complexity index is 325. The smallest absolute Gasteiger partial charge is 0.651 e. The molecule has 0 N–H and O–H groups in total. The Morgan fingerprint density at radius 3 is 2.47 bits per heavy atom. The molecule has 100 valence electrons. The van der Waals surface area contributed by atoms with E-state index in [1.165, 1.54) is 37.7 Å². The second-order valence-corrected chi connectivity index (χ2v) is 5.03. The average molecular weight is 253 g/mol. The normalized spacial score (nSPS) is 17.7. The summed E-state index contributed by atoms with van der Waals surface area (Å²) >= 11 is 0. The summed E-state index contributed by atoms with van der Waals surface area (Å²) in [6.45, 7) is 3.53. The topological polar surface area (TPSA) is 23.3 Å². The van der Waals surface area contributed by atoms with Gasteiger partial charge in [0.05, 0.1) is 0 Å². The fourth-order valence-electron chi connectivity index (χ4n) is 2.61.